The van der Waals surface area contributed by atoms with Crippen LogP contribution in [-0.2, 0) is 25.5 Å². The van der Waals surface area contributed by atoms with Gasteiger partial charge in [-0.1, -0.05) is 6.07 Å². The molecular weight excluding hydrogens is 348 g/mol. The number of unbranched alkanes of at least 4 members (excludes halogenated alkanes) is 1. The number of aliphatic hydroxyl groups is 3. The molecule has 1 aliphatic rings. The van der Waals surface area contributed by atoms with E-state index >= 15 is 0 Å². The third-order valence-electron chi connectivity index (χ3n) is 3.85. The summed E-state index contributed by atoms with van der Waals surface area (Å²) in [5, 5.41) is 47.2. The van der Waals surface area contributed by atoms with Crippen molar-refractivity contribution in [2.24, 2.45) is 0 Å². The second-order valence-corrected chi connectivity index (χ2v) is 5.83. The maximum Gasteiger partial charge on any atom is 0.377 e. The number of phenols is 2. The van der Waals surface area contributed by atoms with Gasteiger partial charge in [-0.15, -0.1) is 0 Å². The molecule has 0 bridgehead atoms. The van der Waals surface area contributed by atoms with Crippen molar-refractivity contribution in [1.82, 2.24) is 0 Å². The first kappa shape index (κ1) is 19.4. The van der Waals surface area contributed by atoms with Gasteiger partial charge in [0, 0.05) is 12.5 Å². The van der Waals surface area contributed by atoms with E-state index in [1.54, 1.807) is 6.07 Å². The van der Waals surface area contributed by atoms with Gasteiger partial charge in [-0.2, -0.15) is 0 Å². The van der Waals surface area contributed by atoms with E-state index in [1.165, 1.54) is 12.1 Å². The van der Waals surface area contributed by atoms with Crippen LogP contribution in [0.2, 0.25) is 0 Å². The largest absolute Gasteiger partial charge is 0.508 e. The van der Waals surface area contributed by atoms with Gasteiger partial charge in [0.15, 0.2) is 11.9 Å². The molecule has 5 N–H and O–H groups in total. The van der Waals surface area contributed by atoms with Gasteiger partial charge in [0.2, 0.25) is 5.76 Å². The van der Waals surface area contributed by atoms with Crippen molar-refractivity contribution in [1.29, 1.82) is 0 Å². The number of rotatable bonds is 8. The average molecular weight is 368 g/mol. The molecule has 142 valence electrons. The molecule has 0 aliphatic carbocycles. The molecule has 0 amide bonds. The fourth-order valence-electron chi connectivity index (χ4n) is 2.41. The van der Waals surface area contributed by atoms with Crippen molar-refractivity contribution in [3.05, 3.63) is 35.3 Å². The lowest BCUT2D eigenvalue weighted by atomic mass is 10.1. The van der Waals surface area contributed by atoms with E-state index in [0.717, 1.165) is 0 Å². The van der Waals surface area contributed by atoms with Crippen LogP contribution in [0.15, 0.2) is 29.7 Å². The monoisotopic (exact) mass is 368 g/mol. The topological polar surface area (TPSA) is 154 Å². The molecule has 26 heavy (non-hydrogen) atoms. The van der Waals surface area contributed by atoms with Gasteiger partial charge in [-0.25, -0.2) is 4.79 Å². The van der Waals surface area contributed by atoms with Gasteiger partial charge in [0.05, 0.1) is 0 Å². The second kappa shape index (κ2) is 8.43. The number of aromatic hydroxyl groups is 2. The zero-order valence-electron chi connectivity index (χ0n) is 13.8. The highest BCUT2D eigenvalue weighted by molar-refractivity contribution is 5.89. The number of benzene rings is 1. The van der Waals surface area contributed by atoms with Crippen LogP contribution in [0.1, 0.15) is 24.8 Å². The molecule has 1 aromatic carbocycles. The summed E-state index contributed by atoms with van der Waals surface area (Å²) in [7, 11) is 0. The predicted molar refractivity (Wildman–Crippen MR) is 86.5 cm³/mol. The van der Waals surface area contributed by atoms with Crippen LogP contribution in [-0.4, -0.2) is 56.3 Å². The lowest BCUT2D eigenvalue weighted by Crippen LogP contribution is -2.33. The Labute approximate surface area is 148 Å². The minimum atomic E-state index is -1.50. The highest BCUT2D eigenvalue weighted by Crippen LogP contribution is 2.24. The SMILES string of the molecule is O=C(CCCCc1ccc(O)cc1O)OC[C@H](O)[C@H]1OC(=O)C(O)=C1O. The smallest absolute Gasteiger partial charge is 0.377 e. The number of hydrogen-bond acceptors (Lipinski definition) is 9. The summed E-state index contributed by atoms with van der Waals surface area (Å²) in [5.41, 5.74) is 0.650. The minimum Gasteiger partial charge on any atom is -0.508 e. The van der Waals surface area contributed by atoms with Crippen molar-refractivity contribution < 1.29 is 44.6 Å². The molecule has 2 rings (SSSR count). The third-order valence-corrected chi connectivity index (χ3v) is 3.85. The van der Waals surface area contributed by atoms with E-state index in [1.807, 2.05) is 0 Å². The Balaban J connectivity index is 1.67. The number of ether oxygens (including phenoxy) is 2. The number of aryl methyl sites for hydroxylation is 1. The van der Waals surface area contributed by atoms with Crippen molar-refractivity contribution >= 4 is 11.9 Å². The lowest BCUT2D eigenvalue weighted by Gasteiger charge is -2.17. The summed E-state index contributed by atoms with van der Waals surface area (Å²) in [6.45, 7) is -0.507. The maximum absolute atomic E-state index is 11.6. The number of aliphatic hydroxyl groups excluding tert-OH is 3. The fourth-order valence-corrected chi connectivity index (χ4v) is 2.41. The summed E-state index contributed by atoms with van der Waals surface area (Å²) in [6, 6.07) is 4.29. The van der Waals surface area contributed by atoms with Gasteiger partial charge >= 0.3 is 11.9 Å². The van der Waals surface area contributed by atoms with Gasteiger partial charge in [-0.3, -0.25) is 4.79 Å². The van der Waals surface area contributed by atoms with Crippen molar-refractivity contribution in [2.45, 2.75) is 37.9 Å². The van der Waals surface area contributed by atoms with Crippen LogP contribution in [0.3, 0.4) is 0 Å². The standard InChI is InChI=1S/C17H20O9/c18-10-6-5-9(11(19)7-10)3-1-2-4-13(21)25-8-12(20)16-14(22)15(23)17(24)26-16/h5-7,12,16,18-20,22-23H,1-4,8H2/t12-,16+/m0/s1. The summed E-state index contributed by atoms with van der Waals surface area (Å²) in [5.74, 6) is -3.56. The van der Waals surface area contributed by atoms with E-state index in [9.17, 15) is 30.0 Å². The van der Waals surface area contributed by atoms with Crippen LogP contribution in [0.4, 0.5) is 0 Å². The summed E-state index contributed by atoms with van der Waals surface area (Å²) in [4.78, 5) is 22.7. The molecule has 1 aliphatic heterocycles. The number of carbonyl (C=O) groups excluding carboxylic acids is 2. The Kier molecular flexibility index (Phi) is 6.29. The molecule has 1 heterocycles. The molecule has 0 spiro atoms. The highest BCUT2D eigenvalue weighted by Gasteiger charge is 2.39. The molecule has 9 heteroatoms. The van der Waals surface area contributed by atoms with Crippen LogP contribution in [0.5, 0.6) is 11.5 Å². The van der Waals surface area contributed by atoms with Crippen molar-refractivity contribution in [3.63, 3.8) is 0 Å². The van der Waals surface area contributed by atoms with E-state index in [-0.39, 0.29) is 17.9 Å². The molecule has 0 aromatic heterocycles. The first-order chi connectivity index (χ1) is 12.3. The van der Waals surface area contributed by atoms with Gasteiger partial charge in [0.1, 0.15) is 24.2 Å². The van der Waals surface area contributed by atoms with Crippen LogP contribution >= 0.6 is 0 Å². The summed E-state index contributed by atoms with van der Waals surface area (Å²) in [6.07, 6.45) is -1.32. The van der Waals surface area contributed by atoms with Crippen LogP contribution < -0.4 is 0 Å². The Hall–Kier alpha value is -2.94. The Morgan fingerprint density at radius 1 is 1.19 bits per heavy atom. The minimum absolute atomic E-state index is 0.0158. The molecule has 0 saturated carbocycles. The molecule has 0 unspecified atom stereocenters. The zero-order chi connectivity index (χ0) is 19.3. The van der Waals surface area contributed by atoms with Crippen LogP contribution in [0, 0.1) is 0 Å². The van der Waals surface area contributed by atoms with Gasteiger partial charge in [-0.05, 0) is 30.9 Å². The molecule has 9 nitrogen and oxygen atoms in total. The number of carbonyl (C=O) groups is 2. The molecule has 2 atom stereocenters. The normalized spacial score (nSPS) is 17.9. The Morgan fingerprint density at radius 3 is 2.54 bits per heavy atom. The summed E-state index contributed by atoms with van der Waals surface area (Å²) < 4.78 is 9.40. The van der Waals surface area contributed by atoms with Gasteiger partial charge < -0.3 is 35.0 Å². The predicted octanol–water partition coefficient (Wildman–Crippen LogP) is 0.968. The van der Waals surface area contributed by atoms with E-state index in [0.29, 0.717) is 24.8 Å². The maximum atomic E-state index is 11.6. The van der Waals surface area contributed by atoms with E-state index < -0.39 is 42.3 Å². The number of cyclic esters (lactones) is 1. The number of esters is 2. The Bertz CT molecular complexity index is 710. The zero-order valence-corrected chi connectivity index (χ0v) is 13.8. The summed E-state index contributed by atoms with van der Waals surface area (Å²) >= 11 is 0. The Morgan fingerprint density at radius 2 is 1.92 bits per heavy atom. The molecule has 0 fully saturated rings. The fraction of sp³-hybridized carbons (Fsp3) is 0.412. The van der Waals surface area contributed by atoms with E-state index in [4.69, 9.17) is 9.84 Å². The molecule has 1 aromatic rings. The lowest BCUT2D eigenvalue weighted by molar-refractivity contribution is -0.154. The number of phenolic OH excluding ortho intramolecular Hbond substituents is 2. The quantitative estimate of drug-likeness (QED) is 0.333. The third kappa shape index (κ3) is 4.79. The molecule has 0 radical (unpaired) electrons. The van der Waals surface area contributed by atoms with Crippen molar-refractivity contribution in [2.75, 3.05) is 6.61 Å². The number of hydrogen-bond donors (Lipinski definition) is 5. The van der Waals surface area contributed by atoms with Crippen LogP contribution in [0.25, 0.3) is 0 Å². The van der Waals surface area contributed by atoms with Gasteiger partial charge in [0.25, 0.3) is 0 Å². The van der Waals surface area contributed by atoms with Crippen molar-refractivity contribution in [3.8, 4) is 11.5 Å². The highest BCUT2D eigenvalue weighted by atomic mass is 16.6. The first-order valence-electron chi connectivity index (χ1n) is 7.97. The average Bonchev–Trinajstić information content (AvgIpc) is 2.85. The molecular formula is C17H20O9. The second-order valence-electron chi connectivity index (χ2n) is 5.83. The van der Waals surface area contributed by atoms with E-state index in [2.05, 4.69) is 4.74 Å². The molecule has 0 saturated heterocycles. The first-order valence-corrected chi connectivity index (χ1v) is 7.97.